The second kappa shape index (κ2) is 7.84. The van der Waals surface area contributed by atoms with Crippen molar-refractivity contribution in [3.05, 3.63) is 114 Å². The van der Waals surface area contributed by atoms with Crippen LogP contribution in [0.1, 0.15) is 11.1 Å². The standard InChI is InChI=1S/C26H22N/c1-27-20-25(22-13-7-3-8-14-22)24(18-17-21-11-5-2-6-12-21)19-26(27)23-15-9-4-10-16-23/h2-20H,1H3/q+1/b18-17+. The number of nitrogens with zero attached hydrogens (tertiary/aromatic N) is 1. The topological polar surface area (TPSA) is 3.88 Å². The zero-order valence-electron chi connectivity index (χ0n) is 15.4. The second-order valence-electron chi connectivity index (χ2n) is 6.61. The molecule has 0 bridgehead atoms. The maximum atomic E-state index is 2.27. The van der Waals surface area contributed by atoms with Crippen molar-refractivity contribution in [2.45, 2.75) is 0 Å². The van der Waals surface area contributed by atoms with E-state index in [0.717, 1.165) is 0 Å². The summed E-state index contributed by atoms with van der Waals surface area (Å²) < 4.78 is 2.21. The minimum Gasteiger partial charge on any atom is -0.200 e. The molecule has 0 radical (unpaired) electrons. The molecule has 0 saturated heterocycles. The maximum Gasteiger partial charge on any atom is 0.212 e. The van der Waals surface area contributed by atoms with Gasteiger partial charge in [0.2, 0.25) is 5.69 Å². The smallest absolute Gasteiger partial charge is 0.200 e. The minimum absolute atomic E-state index is 1.20. The Labute approximate surface area is 160 Å². The summed E-state index contributed by atoms with van der Waals surface area (Å²) in [5, 5.41) is 0. The molecule has 0 unspecified atom stereocenters. The van der Waals surface area contributed by atoms with Gasteiger partial charge >= 0.3 is 0 Å². The van der Waals surface area contributed by atoms with Gasteiger partial charge in [0.1, 0.15) is 7.05 Å². The number of hydrogen-bond donors (Lipinski definition) is 0. The Hall–Kier alpha value is -3.45. The molecule has 1 aromatic heterocycles. The van der Waals surface area contributed by atoms with Crippen LogP contribution in [0.25, 0.3) is 34.5 Å². The lowest BCUT2D eigenvalue weighted by Gasteiger charge is -2.09. The highest BCUT2D eigenvalue weighted by Gasteiger charge is 2.15. The summed E-state index contributed by atoms with van der Waals surface area (Å²) in [6, 6.07) is 33.8. The summed E-state index contributed by atoms with van der Waals surface area (Å²) in [5.41, 5.74) is 7.27. The van der Waals surface area contributed by atoms with E-state index < -0.39 is 0 Å². The summed E-state index contributed by atoms with van der Waals surface area (Å²) in [4.78, 5) is 0. The van der Waals surface area contributed by atoms with Gasteiger partial charge in [0.25, 0.3) is 0 Å². The van der Waals surface area contributed by atoms with Gasteiger partial charge in [-0.2, -0.15) is 0 Å². The van der Waals surface area contributed by atoms with Gasteiger partial charge in [0, 0.05) is 11.6 Å². The van der Waals surface area contributed by atoms with Gasteiger partial charge in [-0.05, 0) is 28.8 Å². The molecule has 1 heterocycles. The molecule has 0 fully saturated rings. The zero-order chi connectivity index (χ0) is 18.5. The molecular formula is C26H22N+. The SMILES string of the molecule is C[n+]1cc(-c2ccccc2)c(/C=C/c2ccccc2)cc1-c1ccccc1. The third-order valence-corrected chi connectivity index (χ3v) is 4.72. The van der Waals surface area contributed by atoms with Crippen molar-refractivity contribution in [3.63, 3.8) is 0 Å². The van der Waals surface area contributed by atoms with Crippen LogP contribution in [-0.4, -0.2) is 0 Å². The van der Waals surface area contributed by atoms with Crippen molar-refractivity contribution in [3.8, 4) is 22.4 Å². The number of aryl methyl sites for hydroxylation is 1. The Morgan fingerprint density at radius 1 is 0.630 bits per heavy atom. The van der Waals surface area contributed by atoms with E-state index in [1.807, 2.05) is 6.07 Å². The van der Waals surface area contributed by atoms with E-state index in [9.17, 15) is 0 Å². The van der Waals surface area contributed by atoms with E-state index in [4.69, 9.17) is 0 Å². The molecule has 0 aliphatic carbocycles. The predicted octanol–water partition coefficient (Wildman–Crippen LogP) is 6.02. The molecule has 1 nitrogen and oxygen atoms in total. The zero-order valence-corrected chi connectivity index (χ0v) is 15.4. The first kappa shape index (κ1) is 17.0. The fourth-order valence-corrected chi connectivity index (χ4v) is 3.31. The van der Waals surface area contributed by atoms with Crippen LogP contribution in [0.4, 0.5) is 0 Å². The van der Waals surface area contributed by atoms with Crippen molar-refractivity contribution >= 4 is 12.2 Å². The van der Waals surface area contributed by atoms with Crippen LogP contribution in [0.15, 0.2) is 103 Å². The fraction of sp³-hybridized carbons (Fsp3) is 0.0385. The number of hydrogen-bond acceptors (Lipinski definition) is 0. The molecule has 0 amide bonds. The lowest BCUT2D eigenvalue weighted by atomic mass is 9.98. The summed E-state index contributed by atoms with van der Waals surface area (Å²) in [5.74, 6) is 0. The summed E-state index contributed by atoms with van der Waals surface area (Å²) in [6.45, 7) is 0. The highest BCUT2D eigenvalue weighted by molar-refractivity contribution is 5.81. The van der Waals surface area contributed by atoms with Crippen LogP contribution in [0, 0.1) is 0 Å². The van der Waals surface area contributed by atoms with Crippen molar-refractivity contribution < 1.29 is 4.57 Å². The molecule has 130 valence electrons. The highest BCUT2D eigenvalue weighted by Crippen LogP contribution is 2.27. The van der Waals surface area contributed by atoms with Gasteiger partial charge in [0.15, 0.2) is 6.20 Å². The Kier molecular flexibility index (Phi) is 4.93. The number of rotatable bonds is 4. The van der Waals surface area contributed by atoms with Crippen molar-refractivity contribution in [1.29, 1.82) is 0 Å². The monoisotopic (exact) mass is 348 g/mol. The molecule has 0 aliphatic rings. The first-order valence-corrected chi connectivity index (χ1v) is 9.19. The predicted molar refractivity (Wildman–Crippen MR) is 114 cm³/mol. The summed E-state index contributed by atoms with van der Waals surface area (Å²) in [6.07, 6.45) is 6.61. The molecule has 27 heavy (non-hydrogen) atoms. The Bertz CT molecular complexity index is 1050. The average molecular weight is 348 g/mol. The molecule has 1 heteroatoms. The third kappa shape index (κ3) is 3.88. The lowest BCUT2D eigenvalue weighted by molar-refractivity contribution is -0.659. The number of benzene rings is 3. The Morgan fingerprint density at radius 2 is 1.19 bits per heavy atom. The van der Waals surface area contributed by atoms with E-state index in [0.29, 0.717) is 0 Å². The van der Waals surface area contributed by atoms with Crippen LogP contribution in [0.2, 0.25) is 0 Å². The van der Waals surface area contributed by atoms with E-state index in [1.165, 1.54) is 33.5 Å². The van der Waals surface area contributed by atoms with Crippen molar-refractivity contribution in [2.24, 2.45) is 7.05 Å². The van der Waals surface area contributed by atoms with E-state index >= 15 is 0 Å². The largest absolute Gasteiger partial charge is 0.212 e. The molecule has 0 saturated carbocycles. The van der Waals surface area contributed by atoms with Gasteiger partial charge in [-0.3, -0.25) is 0 Å². The quantitative estimate of drug-likeness (QED) is 0.397. The molecule has 0 aliphatic heterocycles. The Balaban J connectivity index is 1.86. The second-order valence-corrected chi connectivity index (χ2v) is 6.61. The van der Waals surface area contributed by atoms with Crippen LogP contribution in [0.5, 0.6) is 0 Å². The third-order valence-electron chi connectivity index (χ3n) is 4.72. The van der Waals surface area contributed by atoms with Crippen LogP contribution >= 0.6 is 0 Å². The van der Waals surface area contributed by atoms with Gasteiger partial charge < -0.3 is 0 Å². The van der Waals surface area contributed by atoms with Crippen molar-refractivity contribution in [1.82, 2.24) is 0 Å². The highest BCUT2D eigenvalue weighted by atomic mass is 14.9. The Morgan fingerprint density at radius 3 is 1.81 bits per heavy atom. The van der Waals surface area contributed by atoms with Crippen LogP contribution in [-0.2, 0) is 7.05 Å². The lowest BCUT2D eigenvalue weighted by Crippen LogP contribution is -2.31. The summed E-state index contributed by atoms with van der Waals surface area (Å²) in [7, 11) is 2.11. The normalized spacial score (nSPS) is 11.0. The van der Waals surface area contributed by atoms with Gasteiger partial charge in [-0.15, -0.1) is 0 Å². The van der Waals surface area contributed by atoms with E-state index in [1.54, 1.807) is 0 Å². The van der Waals surface area contributed by atoms with Crippen LogP contribution < -0.4 is 4.57 Å². The number of pyridine rings is 1. The molecule has 3 aromatic carbocycles. The molecular weight excluding hydrogens is 326 g/mol. The van der Waals surface area contributed by atoms with Gasteiger partial charge in [0.05, 0.1) is 5.56 Å². The van der Waals surface area contributed by atoms with E-state index in [-0.39, 0.29) is 0 Å². The van der Waals surface area contributed by atoms with Crippen molar-refractivity contribution in [2.75, 3.05) is 0 Å². The van der Waals surface area contributed by atoms with Gasteiger partial charge in [-0.25, -0.2) is 4.57 Å². The maximum absolute atomic E-state index is 2.27. The molecule has 0 atom stereocenters. The molecule has 4 rings (SSSR count). The van der Waals surface area contributed by atoms with Crippen LogP contribution in [0.3, 0.4) is 0 Å². The molecule has 0 N–H and O–H groups in total. The molecule has 0 spiro atoms. The average Bonchev–Trinajstić information content (AvgIpc) is 2.74. The van der Waals surface area contributed by atoms with E-state index in [2.05, 4.69) is 121 Å². The summed E-state index contributed by atoms with van der Waals surface area (Å²) >= 11 is 0. The van der Waals surface area contributed by atoms with Gasteiger partial charge in [-0.1, -0.05) is 91.0 Å². The number of aromatic nitrogens is 1. The first-order chi connectivity index (χ1) is 13.3. The fourth-order valence-electron chi connectivity index (χ4n) is 3.31. The first-order valence-electron chi connectivity index (χ1n) is 9.19. The molecule has 4 aromatic rings. The minimum atomic E-state index is 1.20.